The highest BCUT2D eigenvalue weighted by atomic mass is 32.2. The first kappa shape index (κ1) is 11.7. The Morgan fingerprint density at radius 2 is 2.12 bits per heavy atom. The summed E-state index contributed by atoms with van der Waals surface area (Å²) in [5, 5.41) is 0. The molecule has 2 N–H and O–H groups in total. The van der Waals surface area contributed by atoms with Crippen LogP contribution in [-0.2, 0) is 14.8 Å². The molecule has 6 nitrogen and oxygen atoms in total. The summed E-state index contributed by atoms with van der Waals surface area (Å²) in [5.41, 5.74) is 6.22. The molecule has 1 saturated heterocycles. The van der Waals surface area contributed by atoms with Crippen LogP contribution in [0.1, 0.15) is 6.42 Å². The Hall–Kier alpha value is -1.76. The third kappa shape index (κ3) is 1.93. The summed E-state index contributed by atoms with van der Waals surface area (Å²) in [6, 6.07) is 4.45. The average molecular weight is 256 g/mol. The molecule has 0 bridgehead atoms. The number of nitrogens with two attached hydrogens (primary N) is 1. The lowest BCUT2D eigenvalue weighted by atomic mass is 10.2. The van der Waals surface area contributed by atoms with E-state index in [4.69, 9.17) is 10.5 Å². The van der Waals surface area contributed by atoms with Gasteiger partial charge in [-0.3, -0.25) is 4.79 Å². The zero-order valence-electron chi connectivity index (χ0n) is 9.21. The van der Waals surface area contributed by atoms with Crippen molar-refractivity contribution in [1.82, 2.24) is 0 Å². The molecule has 0 saturated carbocycles. The molecule has 1 fully saturated rings. The quantitative estimate of drug-likeness (QED) is 0.771. The Labute approximate surface area is 99.0 Å². The molecule has 0 atom stereocenters. The smallest absolute Gasteiger partial charge is 0.242 e. The molecular formula is C10H12N2O4S. The third-order valence-electron chi connectivity index (χ3n) is 2.53. The lowest BCUT2D eigenvalue weighted by Crippen LogP contribution is -2.29. The van der Waals surface area contributed by atoms with Crippen molar-refractivity contribution in [3.05, 3.63) is 18.2 Å². The number of carbonyl (C=O) groups is 1. The van der Waals surface area contributed by atoms with Gasteiger partial charge in [0.25, 0.3) is 0 Å². The first-order valence-corrected chi connectivity index (χ1v) is 6.56. The van der Waals surface area contributed by atoms with Gasteiger partial charge in [0.2, 0.25) is 15.9 Å². The van der Waals surface area contributed by atoms with Gasteiger partial charge in [-0.15, -0.1) is 0 Å². The van der Waals surface area contributed by atoms with Gasteiger partial charge < -0.3 is 10.5 Å². The van der Waals surface area contributed by atoms with Gasteiger partial charge in [0.15, 0.2) is 0 Å². The zero-order valence-corrected chi connectivity index (χ0v) is 10.0. The van der Waals surface area contributed by atoms with Crippen LogP contribution in [0.2, 0.25) is 0 Å². The van der Waals surface area contributed by atoms with Crippen LogP contribution in [0.3, 0.4) is 0 Å². The molecule has 0 aromatic heterocycles. The molecule has 0 aliphatic carbocycles. The number of sulfonamides is 1. The summed E-state index contributed by atoms with van der Waals surface area (Å²) in [6.07, 6.45) is 0.00820. The summed E-state index contributed by atoms with van der Waals surface area (Å²) < 4.78 is 29.1. The van der Waals surface area contributed by atoms with E-state index in [-0.39, 0.29) is 17.9 Å². The van der Waals surface area contributed by atoms with Gasteiger partial charge in [0.05, 0.1) is 24.2 Å². The fourth-order valence-electron chi connectivity index (χ4n) is 1.72. The number of amides is 1. The Morgan fingerprint density at radius 3 is 2.59 bits per heavy atom. The maximum absolute atomic E-state index is 11.7. The zero-order chi connectivity index (χ0) is 12.6. The van der Waals surface area contributed by atoms with E-state index in [2.05, 4.69) is 0 Å². The summed E-state index contributed by atoms with van der Waals surface area (Å²) in [5.74, 6) is -0.148. The maximum atomic E-state index is 11.7. The standard InChI is InChI=1S/C10H12N2O4S/c1-16-9-3-2-7(6-8(9)11)12-10(13)4-5-17(12,14)15/h2-3,6H,4-5,11H2,1H3. The van der Waals surface area contributed by atoms with Crippen molar-refractivity contribution < 1.29 is 17.9 Å². The van der Waals surface area contributed by atoms with Crippen LogP contribution >= 0.6 is 0 Å². The second-order valence-corrected chi connectivity index (χ2v) is 5.59. The highest BCUT2D eigenvalue weighted by Gasteiger charge is 2.36. The number of hydrogen-bond acceptors (Lipinski definition) is 5. The number of anilines is 2. The van der Waals surface area contributed by atoms with Crippen molar-refractivity contribution in [2.75, 3.05) is 22.9 Å². The van der Waals surface area contributed by atoms with Gasteiger partial charge in [0, 0.05) is 6.42 Å². The van der Waals surface area contributed by atoms with Crippen LogP contribution in [0.25, 0.3) is 0 Å². The molecule has 17 heavy (non-hydrogen) atoms. The number of carbonyl (C=O) groups excluding carboxylic acids is 1. The highest BCUT2D eigenvalue weighted by Crippen LogP contribution is 2.31. The molecular weight excluding hydrogens is 244 g/mol. The van der Waals surface area contributed by atoms with E-state index in [0.717, 1.165) is 4.31 Å². The van der Waals surface area contributed by atoms with E-state index in [0.29, 0.717) is 11.4 Å². The Morgan fingerprint density at radius 1 is 1.41 bits per heavy atom. The van der Waals surface area contributed by atoms with E-state index >= 15 is 0 Å². The molecule has 1 aromatic rings. The molecule has 7 heteroatoms. The number of ether oxygens (including phenoxy) is 1. The van der Waals surface area contributed by atoms with E-state index in [1.165, 1.54) is 25.3 Å². The van der Waals surface area contributed by atoms with Gasteiger partial charge in [0.1, 0.15) is 5.75 Å². The predicted molar refractivity (Wildman–Crippen MR) is 63.3 cm³/mol. The largest absolute Gasteiger partial charge is 0.495 e. The predicted octanol–water partition coefficient (Wildman–Crippen LogP) is 0.344. The normalized spacial score (nSPS) is 18.4. The highest BCUT2D eigenvalue weighted by molar-refractivity contribution is 7.94. The first-order valence-electron chi connectivity index (χ1n) is 4.95. The fraction of sp³-hybridized carbons (Fsp3) is 0.300. The van der Waals surface area contributed by atoms with Crippen molar-refractivity contribution in [3.63, 3.8) is 0 Å². The average Bonchev–Trinajstić information content (AvgIpc) is 2.53. The van der Waals surface area contributed by atoms with Gasteiger partial charge >= 0.3 is 0 Å². The van der Waals surface area contributed by atoms with Crippen LogP contribution in [0.5, 0.6) is 5.75 Å². The number of methoxy groups -OCH3 is 1. The van der Waals surface area contributed by atoms with Gasteiger partial charge in [-0.2, -0.15) is 0 Å². The molecule has 0 radical (unpaired) electrons. The van der Waals surface area contributed by atoms with Crippen molar-refractivity contribution in [2.24, 2.45) is 0 Å². The van der Waals surface area contributed by atoms with Gasteiger partial charge in [-0.1, -0.05) is 0 Å². The number of nitrogen functional groups attached to an aromatic ring is 1. The lowest BCUT2D eigenvalue weighted by Gasteiger charge is -2.16. The van der Waals surface area contributed by atoms with Crippen LogP contribution in [0.15, 0.2) is 18.2 Å². The summed E-state index contributed by atoms with van der Waals surface area (Å²) in [4.78, 5) is 11.5. The molecule has 0 unspecified atom stereocenters. The number of benzene rings is 1. The van der Waals surface area contributed by atoms with E-state index in [9.17, 15) is 13.2 Å². The summed E-state index contributed by atoms with van der Waals surface area (Å²) in [6.45, 7) is 0. The summed E-state index contributed by atoms with van der Waals surface area (Å²) >= 11 is 0. The number of rotatable bonds is 2. The molecule has 0 spiro atoms. The number of nitrogens with zero attached hydrogens (tertiary/aromatic N) is 1. The Bertz CT molecular complexity index is 568. The molecule has 1 aliphatic rings. The second-order valence-electron chi connectivity index (χ2n) is 3.65. The minimum absolute atomic E-state index is 0.00820. The van der Waals surface area contributed by atoms with Crippen molar-refractivity contribution in [3.8, 4) is 5.75 Å². The van der Waals surface area contributed by atoms with Crippen LogP contribution < -0.4 is 14.8 Å². The molecule has 1 heterocycles. The van der Waals surface area contributed by atoms with Gasteiger partial charge in [-0.05, 0) is 18.2 Å². The molecule has 2 rings (SSSR count). The second kappa shape index (κ2) is 3.92. The van der Waals surface area contributed by atoms with Crippen molar-refractivity contribution in [2.45, 2.75) is 6.42 Å². The van der Waals surface area contributed by atoms with Crippen LogP contribution in [0.4, 0.5) is 11.4 Å². The molecule has 1 aromatic carbocycles. The number of hydrogen-bond donors (Lipinski definition) is 1. The lowest BCUT2D eigenvalue weighted by molar-refractivity contribution is -0.116. The minimum Gasteiger partial charge on any atom is -0.495 e. The van der Waals surface area contributed by atoms with E-state index in [1.807, 2.05) is 0 Å². The van der Waals surface area contributed by atoms with Crippen molar-refractivity contribution >= 4 is 27.3 Å². The van der Waals surface area contributed by atoms with E-state index in [1.54, 1.807) is 0 Å². The third-order valence-corrected chi connectivity index (χ3v) is 4.22. The first-order chi connectivity index (χ1) is 7.95. The molecule has 1 amide bonds. The Kier molecular flexibility index (Phi) is 2.70. The Balaban J connectivity index is 2.47. The topological polar surface area (TPSA) is 89.7 Å². The SMILES string of the molecule is COc1ccc(N2C(=O)CCS2(=O)=O)cc1N. The molecule has 1 aliphatic heterocycles. The summed E-state index contributed by atoms with van der Waals surface area (Å²) in [7, 11) is -2.08. The molecule has 92 valence electrons. The fourth-order valence-corrected chi connectivity index (χ4v) is 3.17. The monoisotopic (exact) mass is 256 g/mol. The van der Waals surface area contributed by atoms with Crippen LogP contribution in [-0.4, -0.2) is 27.2 Å². The van der Waals surface area contributed by atoms with Crippen molar-refractivity contribution in [1.29, 1.82) is 0 Å². The van der Waals surface area contributed by atoms with Crippen LogP contribution in [0, 0.1) is 0 Å². The van der Waals surface area contributed by atoms with E-state index < -0.39 is 15.9 Å². The van der Waals surface area contributed by atoms with Gasteiger partial charge in [-0.25, -0.2) is 12.7 Å². The maximum Gasteiger partial charge on any atom is 0.242 e. The minimum atomic E-state index is -3.54.